The molecule has 0 atom stereocenters. The van der Waals surface area contributed by atoms with Gasteiger partial charge in [0.2, 0.25) is 0 Å². The van der Waals surface area contributed by atoms with Crippen molar-refractivity contribution in [2.75, 3.05) is 13.1 Å². The third kappa shape index (κ3) is 4.28. The van der Waals surface area contributed by atoms with Crippen molar-refractivity contribution in [1.29, 1.82) is 0 Å². The van der Waals surface area contributed by atoms with Gasteiger partial charge in [-0.15, -0.1) is 5.10 Å². The van der Waals surface area contributed by atoms with Crippen LogP contribution in [0.1, 0.15) is 53.2 Å². The standard InChI is InChI=1S/C15H29N5/c1-14(2,3)16-11-13-12-20(18-17-13)10-9-19-8-6-7-15(19,4)5/h12,16H,6-11H2,1-5H3. The average Bonchev–Trinajstić information content (AvgIpc) is 2.89. The quantitative estimate of drug-likeness (QED) is 0.896. The third-order valence-electron chi connectivity index (χ3n) is 4.06. The van der Waals surface area contributed by atoms with E-state index in [1.807, 2.05) is 4.68 Å². The van der Waals surface area contributed by atoms with E-state index in [2.05, 4.69) is 61.3 Å². The molecule has 1 fully saturated rings. The molecule has 5 nitrogen and oxygen atoms in total. The summed E-state index contributed by atoms with van der Waals surface area (Å²) in [5.74, 6) is 0. The van der Waals surface area contributed by atoms with Gasteiger partial charge in [0.05, 0.1) is 12.2 Å². The zero-order valence-corrected chi connectivity index (χ0v) is 13.6. The van der Waals surface area contributed by atoms with Crippen molar-refractivity contribution < 1.29 is 0 Å². The molecule has 1 saturated heterocycles. The lowest BCUT2D eigenvalue weighted by Crippen LogP contribution is -2.40. The lowest BCUT2D eigenvalue weighted by molar-refractivity contribution is 0.166. The first-order chi connectivity index (χ1) is 9.26. The van der Waals surface area contributed by atoms with E-state index in [-0.39, 0.29) is 5.54 Å². The van der Waals surface area contributed by atoms with Crippen molar-refractivity contribution in [2.45, 2.75) is 71.6 Å². The number of aromatic nitrogens is 3. The van der Waals surface area contributed by atoms with Crippen LogP contribution in [0, 0.1) is 0 Å². The molecule has 0 amide bonds. The molecule has 0 radical (unpaired) electrons. The summed E-state index contributed by atoms with van der Waals surface area (Å²) in [6, 6.07) is 0. The highest BCUT2D eigenvalue weighted by molar-refractivity contribution is 4.93. The van der Waals surface area contributed by atoms with Gasteiger partial charge in [0.25, 0.3) is 0 Å². The van der Waals surface area contributed by atoms with E-state index < -0.39 is 0 Å². The summed E-state index contributed by atoms with van der Waals surface area (Å²) in [6.45, 7) is 15.1. The Morgan fingerprint density at radius 1 is 1.30 bits per heavy atom. The topological polar surface area (TPSA) is 46.0 Å². The van der Waals surface area contributed by atoms with Crippen LogP contribution in [0.4, 0.5) is 0 Å². The molecule has 1 aromatic heterocycles. The molecule has 5 heteroatoms. The van der Waals surface area contributed by atoms with Gasteiger partial charge >= 0.3 is 0 Å². The maximum Gasteiger partial charge on any atom is 0.0965 e. The zero-order valence-electron chi connectivity index (χ0n) is 13.6. The summed E-state index contributed by atoms with van der Waals surface area (Å²) in [7, 11) is 0. The number of nitrogens with one attached hydrogen (secondary N) is 1. The number of nitrogens with zero attached hydrogens (tertiary/aromatic N) is 4. The first kappa shape index (κ1) is 15.4. The molecule has 0 bridgehead atoms. The maximum atomic E-state index is 4.23. The molecule has 1 N–H and O–H groups in total. The van der Waals surface area contributed by atoms with Crippen LogP contribution in [0.25, 0.3) is 0 Å². The van der Waals surface area contributed by atoms with E-state index in [9.17, 15) is 0 Å². The molecule has 2 rings (SSSR count). The van der Waals surface area contributed by atoms with Crippen molar-refractivity contribution in [3.63, 3.8) is 0 Å². The molecule has 0 unspecified atom stereocenters. The van der Waals surface area contributed by atoms with E-state index in [4.69, 9.17) is 0 Å². The normalized spacial score (nSPS) is 19.6. The van der Waals surface area contributed by atoms with Gasteiger partial charge < -0.3 is 5.32 Å². The molecule has 1 aliphatic rings. The Morgan fingerprint density at radius 2 is 2.05 bits per heavy atom. The van der Waals surface area contributed by atoms with E-state index in [1.165, 1.54) is 19.4 Å². The fourth-order valence-corrected chi connectivity index (χ4v) is 2.69. The molecule has 0 saturated carbocycles. The summed E-state index contributed by atoms with van der Waals surface area (Å²) < 4.78 is 1.97. The number of hydrogen-bond donors (Lipinski definition) is 1. The SMILES string of the molecule is CC(C)(C)NCc1cn(CCN2CCCC2(C)C)nn1. The van der Waals surface area contributed by atoms with Crippen LogP contribution in [-0.4, -0.2) is 44.1 Å². The second kappa shape index (κ2) is 5.82. The monoisotopic (exact) mass is 279 g/mol. The van der Waals surface area contributed by atoms with Crippen LogP contribution >= 0.6 is 0 Å². The first-order valence-corrected chi connectivity index (χ1v) is 7.65. The van der Waals surface area contributed by atoms with Crippen molar-refractivity contribution in [3.8, 4) is 0 Å². The summed E-state index contributed by atoms with van der Waals surface area (Å²) in [5, 5.41) is 11.9. The number of rotatable bonds is 5. The van der Waals surface area contributed by atoms with Gasteiger partial charge in [0.15, 0.2) is 0 Å². The van der Waals surface area contributed by atoms with E-state index in [0.29, 0.717) is 5.54 Å². The van der Waals surface area contributed by atoms with Crippen molar-refractivity contribution in [1.82, 2.24) is 25.2 Å². The Hall–Kier alpha value is -0.940. The van der Waals surface area contributed by atoms with Crippen molar-refractivity contribution >= 4 is 0 Å². The van der Waals surface area contributed by atoms with E-state index >= 15 is 0 Å². The van der Waals surface area contributed by atoms with Gasteiger partial charge in [-0.2, -0.15) is 0 Å². The minimum atomic E-state index is 0.114. The second-order valence-corrected chi connectivity index (χ2v) is 7.48. The molecule has 1 aromatic rings. The van der Waals surface area contributed by atoms with Crippen molar-refractivity contribution in [2.24, 2.45) is 0 Å². The molecule has 0 aliphatic carbocycles. The smallest absolute Gasteiger partial charge is 0.0965 e. The van der Waals surface area contributed by atoms with Crippen molar-refractivity contribution in [3.05, 3.63) is 11.9 Å². The van der Waals surface area contributed by atoms with Gasteiger partial charge in [-0.3, -0.25) is 9.58 Å². The highest BCUT2D eigenvalue weighted by atomic mass is 15.4. The van der Waals surface area contributed by atoms with Crippen LogP contribution in [0.15, 0.2) is 6.20 Å². The summed E-state index contributed by atoms with van der Waals surface area (Å²) in [6.07, 6.45) is 4.66. The third-order valence-corrected chi connectivity index (χ3v) is 4.06. The molecule has 114 valence electrons. The summed E-state index contributed by atoms with van der Waals surface area (Å²) in [5.41, 5.74) is 1.47. The van der Waals surface area contributed by atoms with E-state index in [1.54, 1.807) is 0 Å². The minimum absolute atomic E-state index is 0.114. The Labute approximate surface area is 122 Å². The van der Waals surface area contributed by atoms with Crippen LogP contribution in [0.3, 0.4) is 0 Å². The highest BCUT2D eigenvalue weighted by Crippen LogP contribution is 2.27. The van der Waals surface area contributed by atoms with Gasteiger partial charge in [-0.25, -0.2) is 0 Å². The average molecular weight is 279 g/mol. The van der Waals surface area contributed by atoms with Gasteiger partial charge in [-0.1, -0.05) is 5.21 Å². The first-order valence-electron chi connectivity index (χ1n) is 7.65. The summed E-state index contributed by atoms with van der Waals surface area (Å²) >= 11 is 0. The largest absolute Gasteiger partial charge is 0.306 e. The van der Waals surface area contributed by atoms with E-state index in [0.717, 1.165) is 25.3 Å². The second-order valence-electron chi connectivity index (χ2n) is 7.48. The Kier molecular flexibility index (Phi) is 4.49. The van der Waals surface area contributed by atoms with Crippen LogP contribution in [0.2, 0.25) is 0 Å². The van der Waals surface area contributed by atoms with Gasteiger partial charge in [-0.05, 0) is 54.0 Å². The Morgan fingerprint density at radius 3 is 2.65 bits per heavy atom. The fraction of sp³-hybridized carbons (Fsp3) is 0.867. The van der Waals surface area contributed by atoms with Gasteiger partial charge in [0, 0.05) is 30.4 Å². The lowest BCUT2D eigenvalue weighted by atomic mass is 10.0. The number of hydrogen-bond acceptors (Lipinski definition) is 4. The molecular weight excluding hydrogens is 250 g/mol. The minimum Gasteiger partial charge on any atom is -0.306 e. The predicted molar refractivity (Wildman–Crippen MR) is 81.5 cm³/mol. The molecular formula is C15H29N5. The Bertz CT molecular complexity index is 430. The summed E-state index contributed by atoms with van der Waals surface area (Å²) in [4.78, 5) is 2.56. The molecule has 2 heterocycles. The molecule has 20 heavy (non-hydrogen) atoms. The number of likely N-dealkylation sites (tertiary alicyclic amines) is 1. The van der Waals surface area contributed by atoms with Crippen LogP contribution in [-0.2, 0) is 13.1 Å². The molecule has 0 aromatic carbocycles. The zero-order chi connectivity index (χ0) is 14.8. The van der Waals surface area contributed by atoms with Crippen LogP contribution in [0.5, 0.6) is 0 Å². The fourth-order valence-electron chi connectivity index (χ4n) is 2.69. The lowest BCUT2D eigenvalue weighted by Gasteiger charge is -2.31. The van der Waals surface area contributed by atoms with Gasteiger partial charge in [0.1, 0.15) is 0 Å². The Balaban J connectivity index is 1.81. The van der Waals surface area contributed by atoms with Crippen LogP contribution < -0.4 is 5.32 Å². The molecule has 0 spiro atoms. The maximum absolute atomic E-state index is 4.23. The predicted octanol–water partition coefficient (Wildman–Crippen LogP) is 2.04. The molecule has 1 aliphatic heterocycles. The highest BCUT2D eigenvalue weighted by Gasteiger charge is 2.31.